The van der Waals surface area contributed by atoms with E-state index in [4.69, 9.17) is 90.7 Å². The molecule has 47 heavy (non-hydrogen) atoms. The molecule has 1 aromatic rings. The maximum Gasteiger partial charge on any atom is 0.404 e. The molecule has 0 saturated carbocycles. The number of hydrogen-bond acceptors (Lipinski definition) is 9. The fourth-order valence-corrected chi connectivity index (χ4v) is 3.41. The number of halogens is 9. The van der Waals surface area contributed by atoms with Crippen LogP contribution in [0.3, 0.4) is 0 Å². The van der Waals surface area contributed by atoms with E-state index in [0.29, 0.717) is 22.7 Å². The number of hydrogen-bond donors (Lipinski definition) is 0. The van der Waals surface area contributed by atoms with Crippen molar-refractivity contribution in [3.63, 3.8) is 0 Å². The average Bonchev–Trinajstić information content (AvgIpc) is 3.20. The summed E-state index contributed by atoms with van der Waals surface area (Å²) in [6.07, 6.45) is 0.701. The summed E-state index contributed by atoms with van der Waals surface area (Å²) in [5.74, 6) is 0.0349. The highest BCUT2D eigenvalue weighted by atomic mass is 79.9. The third-order valence-corrected chi connectivity index (χ3v) is 7.07. The number of rotatable bonds is 8. The number of allylic oxidation sites excluding steroid dienone is 1. The summed E-state index contributed by atoms with van der Waals surface area (Å²) in [5.41, 5.74) is -0.449. The molecule has 0 fully saturated rings. The molecule has 0 aromatic heterocycles. The zero-order valence-corrected chi connectivity index (χ0v) is 33.6. The van der Waals surface area contributed by atoms with E-state index < -0.39 is 31.8 Å². The minimum atomic E-state index is -1.05. The fraction of sp³-hybridized carbons (Fsp3) is 0.552. The molecule has 0 N–H and O–H groups in total. The van der Waals surface area contributed by atoms with Gasteiger partial charge in [-0.3, -0.25) is 9.59 Å². The smallest absolute Gasteiger partial charge is 0.404 e. The molecule has 0 bridgehead atoms. The number of alkyl halides is 4. The molecule has 0 radical (unpaired) electrons. The van der Waals surface area contributed by atoms with Crippen molar-refractivity contribution in [3.05, 3.63) is 40.4 Å². The van der Waals surface area contributed by atoms with Crippen LogP contribution < -0.4 is 0 Å². The second kappa shape index (κ2) is 27.1. The van der Waals surface area contributed by atoms with Crippen molar-refractivity contribution in [1.29, 1.82) is 0 Å². The molecule has 0 amide bonds. The SMILES string of the molecule is C.CC(=O)Cl.CC(=O)OC(C)(C)CCl.CC(C)(CBr)OC(=O)Cl.CC(Cl)(Cl)COC(=O)Cl.O=C(Cl)OCC1=C(Cl)Cc2ccccc21. The second-order valence-corrected chi connectivity index (χ2v) is 14.6. The van der Waals surface area contributed by atoms with Gasteiger partial charge in [-0.25, -0.2) is 14.4 Å². The maximum absolute atomic E-state index is 10.5. The molecule has 0 heterocycles. The van der Waals surface area contributed by atoms with Gasteiger partial charge in [0.25, 0.3) is 0 Å². The Labute approximate surface area is 325 Å². The lowest BCUT2D eigenvalue weighted by Crippen LogP contribution is -2.28. The zero-order valence-electron chi connectivity index (χ0n) is 25.9. The van der Waals surface area contributed by atoms with Crippen molar-refractivity contribution in [2.75, 3.05) is 24.4 Å². The third-order valence-electron chi connectivity index (χ3n) is 4.20. The van der Waals surface area contributed by atoms with E-state index in [2.05, 4.69) is 37.0 Å². The summed E-state index contributed by atoms with van der Waals surface area (Å²) in [7, 11) is 0. The van der Waals surface area contributed by atoms with Crippen LogP contribution in [0.1, 0.15) is 67.0 Å². The molecular formula is C29H39BrCl8O9. The first-order valence-electron chi connectivity index (χ1n) is 12.6. The summed E-state index contributed by atoms with van der Waals surface area (Å²) < 4.78 is 17.4. The van der Waals surface area contributed by atoms with E-state index in [1.807, 2.05) is 24.3 Å². The first-order valence-corrected chi connectivity index (χ1v) is 16.9. The highest BCUT2D eigenvalue weighted by Gasteiger charge is 2.21. The van der Waals surface area contributed by atoms with Gasteiger partial charge in [0.15, 0.2) is 0 Å². The van der Waals surface area contributed by atoms with E-state index >= 15 is 0 Å². The predicted molar refractivity (Wildman–Crippen MR) is 197 cm³/mol. The van der Waals surface area contributed by atoms with Crippen LogP contribution in [-0.2, 0) is 35.0 Å². The van der Waals surface area contributed by atoms with Crippen molar-refractivity contribution < 1.29 is 42.9 Å². The molecule has 0 spiro atoms. The standard InChI is InChI=1S/C11H8Cl2O2.C6H11ClO2.C5H8BrClO2.C4H5Cl3O2.C2H3ClO.CH4/c12-10-5-7-3-1-2-4-8(7)9(10)6-15-11(13)14;1-5(8)9-6(2,3)4-7;1-5(2,3-6)9-4(7)8;1-4(6,7)2-9-3(5)8;1-2(3)4;/h1-4H,5-6H2;4H2,1-3H3;3H2,1-2H3;2H2,1H3;1H3;1H4. The van der Waals surface area contributed by atoms with Gasteiger partial charge in [0, 0.05) is 71.0 Å². The third kappa shape index (κ3) is 35.0. The van der Waals surface area contributed by atoms with Crippen LogP contribution in [0.2, 0.25) is 0 Å². The van der Waals surface area contributed by atoms with Gasteiger partial charge in [-0.05, 0) is 57.3 Å². The second-order valence-electron chi connectivity index (χ2n) is 10.0. The van der Waals surface area contributed by atoms with Gasteiger partial charge in [-0.2, -0.15) is 0 Å². The molecule has 1 aliphatic rings. The summed E-state index contributed by atoms with van der Waals surface area (Å²) in [6.45, 7) is 11.3. The molecule has 1 aromatic carbocycles. The predicted octanol–water partition coefficient (Wildman–Crippen LogP) is 11.6. The molecule has 0 unspecified atom stereocenters. The molecule has 272 valence electrons. The van der Waals surface area contributed by atoms with E-state index in [-0.39, 0.29) is 31.9 Å². The quantitative estimate of drug-likeness (QED) is 0.109. The monoisotopic (exact) mass is 890 g/mol. The molecule has 0 atom stereocenters. The van der Waals surface area contributed by atoms with Crippen LogP contribution in [0, 0.1) is 0 Å². The van der Waals surface area contributed by atoms with Crippen molar-refractivity contribution in [2.24, 2.45) is 0 Å². The van der Waals surface area contributed by atoms with Gasteiger partial charge >= 0.3 is 22.3 Å². The molecule has 9 nitrogen and oxygen atoms in total. The Kier molecular flexibility index (Phi) is 30.6. The fourth-order valence-electron chi connectivity index (χ4n) is 2.52. The molecule has 18 heteroatoms. The highest BCUT2D eigenvalue weighted by Crippen LogP contribution is 2.34. The summed E-state index contributed by atoms with van der Waals surface area (Å²) in [4.78, 5) is 50.1. The van der Waals surface area contributed by atoms with Gasteiger partial charge < -0.3 is 18.9 Å². The first kappa shape index (κ1) is 53.1. The van der Waals surface area contributed by atoms with Gasteiger partial charge in [-0.1, -0.05) is 82.4 Å². The minimum absolute atomic E-state index is 0. The summed E-state index contributed by atoms with van der Waals surface area (Å²) >= 11 is 45.0. The van der Waals surface area contributed by atoms with Crippen LogP contribution in [0.25, 0.3) is 5.57 Å². The van der Waals surface area contributed by atoms with Crippen LogP contribution in [0.15, 0.2) is 29.3 Å². The maximum atomic E-state index is 10.5. The van der Waals surface area contributed by atoms with Crippen molar-refractivity contribution in [3.8, 4) is 0 Å². The topological polar surface area (TPSA) is 122 Å². The Hall–Kier alpha value is -0.690. The lowest BCUT2D eigenvalue weighted by molar-refractivity contribution is -0.151. The van der Waals surface area contributed by atoms with Gasteiger partial charge in [0.05, 0.1) is 5.88 Å². The van der Waals surface area contributed by atoms with Crippen molar-refractivity contribution >= 4 is 142 Å². The zero-order chi connectivity index (χ0) is 36.9. The molecule has 0 saturated heterocycles. The normalized spacial score (nSPS) is 11.4. The van der Waals surface area contributed by atoms with E-state index in [1.54, 1.807) is 27.7 Å². The summed E-state index contributed by atoms with van der Waals surface area (Å²) in [5, 5.41) is 0.937. The van der Waals surface area contributed by atoms with E-state index in [9.17, 15) is 24.0 Å². The van der Waals surface area contributed by atoms with Crippen LogP contribution in [-0.4, -0.2) is 67.5 Å². The average molecular weight is 895 g/mol. The van der Waals surface area contributed by atoms with E-state index in [0.717, 1.165) is 16.7 Å². The minimum Gasteiger partial charge on any atom is -0.459 e. The number of carbonyl (C=O) groups is 5. The number of fused-ring (bicyclic) bond motifs is 1. The van der Waals surface area contributed by atoms with E-state index in [1.165, 1.54) is 20.8 Å². The molecule has 1 aliphatic carbocycles. The van der Waals surface area contributed by atoms with Crippen molar-refractivity contribution in [1.82, 2.24) is 0 Å². The molecule has 2 rings (SSSR count). The first-order chi connectivity index (χ1) is 20.8. The Morgan fingerprint density at radius 2 is 1.28 bits per heavy atom. The Morgan fingerprint density at radius 1 is 0.809 bits per heavy atom. The Balaban J connectivity index is -0.000000258. The van der Waals surface area contributed by atoms with Gasteiger partial charge in [0.1, 0.15) is 28.7 Å². The lowest BCUT2D eigenvalue weighted by atomic mass is 10.1. The van der Waals surface area contributed by atoms with Crippen molar-refractivity contribution in [2.45, 2.75) is 77.8 Å². The van der Waals surface area contributed by atoms with Crippen LogP contribution >= 0.6 is 109 Å². The summed E-state index contributed by atoms with van der Waals surface area (Å²) in [6, 6.07) is 7.85. The highest BCUT2D eigenvalue weighted by molar-refractivity contribution is 9.09. The Morgan fingerprint density at radius 3 is 1.57 bits per heavy atom. The largest absolute Gasteiger partial charge is 0.459 e. The number of ether oxygens (including phenoxy) is 4. The Bertz CT molecular complexity index is 1140. The molecular weight excluding hydrogens is 856 g/mol. The number of benzene rings is 1. The molecule has 0 aliphatic heterocycles. The van der Waals surface area contributed by atoms with Gasteiger partial charge in [0.2, 0.25) is 5.24 Å². The van der Waals surface area contributed by atoms with Crippen LogP contribution in [0.5, 0.6) is 0 Å². The van der Waals surface area contributed by atoms with Gasteiger partial charge in [-0.15, -0.1) is 11.6 Å². The van der Waals surface area contributed by atoms with Crippen LogP contribution in [0.4, 0.5) is 14.4 Å². The number of carbonyl (C=O) groups excluding carboxylic acids is 5. The number of esters is 1. The lowest BCUT2D eigenvalue weighted by Gasteiger charge is -2.20.